The Hall–Kier alpha value is -1.41. The molecule has 0 amide bonds. The number of aromatic hydroxyl groups is 1. The van der Waals surface area contributed by atoms with Crippen LogP contribution in [0.1, 0.15) is 11.1 Å². The van der Waals surface area contributed by atoms with Crippen LogP contribution in [0.4, 0.5) is 13.2 Å². The fourth-order valence-electron chi connectivity index (χ4n) is 1.04. The zero-order valence-electron chi connectivity index (χ0n) is 7.27. The van der Waals surface area contributed by atoms with Gasteiger partial charge in [0.2, 0.25) is 0 Å². The lowest BCUT2D eigenvalue weighted by atomic mass is 10.1. The van der Waals surface area contributed by atoms with Crippen molar-refractivity contribution >= 4 is 11.6 Å². The number of benzene rings is 1. The molecule has 0 aromatic heterocycles. The first kappa shape index (κ1) is 11.7. The Kier molecular flexibility index (Phi) is 3.10. The van der Waals surface area contributed by atoms with Crippen LogP contribution in [-0.4, -0.2) is 5.11 Å². The molecule has 0 spiro atoms. The molecule has 1 rings (SSSR count). The topological polar surface area (TPSA) is 44.0 Å². The summed E-state index contributed by atoms with van der Waals surface area (Å²) in [5.41, 5.74) is -1.03. The van der Waals surface area contributed by atoms with Crippen LogP contribution in [-0.2, 0) is 12.6 Å². The highest BCUT2D eigenvalue weighted by atomic mass is 35.5. The van der Waals surface area contributed by atoms with Gasteiger partial charge in [0.25, 0.3) is 0 Å². The first-order chi connectivity index (χ1) is 6.86. The number of hydrogen-bond donors (Lipinski definition) is 1. The van der Waals surface area contributed by atoms with E-state index in [0.29, 0.717) is 12.1 Å². The molecule has 1 aromatic rings. The Morgan fingerprint density at radius 1 is 1.40 bits per heavy atom. The molecule has 0 aliphatic carbocycles. The molecular weight excluding hydrogens is 231 g/mol. The van der Waals surface area contributed by atoms with E-state index < -0.39 is 17.5 Å². The molecular formula is C9H5ClF3NO. The van der Waals surface area contributed by atoms with Gasteiger partial charge < -0.3 is 5.11 Å². The van der Waals surface area contributed by atoms with Gasteiger partial charge in [-0.2, -0.15) is 18.4 Å². The van der Waals surface area contributed by atoms with E-state index in [9.17, 15) is 18.3 Å². The lowest BCUT2D eigenvalue weighted by molar-refractivity contribution is -0.137. The van der Waals surface area contributed by atoms with Crippen LogP contribution in [0.5, 0.6) is 5.75 Å². The summed E-state index contributed by atoms with van der Waals surface area (Å²) in [6.45, 7) is 0. The molecule has 2 nitrogen and oxygen atoms in total. The van der Waals surface area contributed by atoms with E-state index in [1.54, 1.807) is 6.07 Å². The minimum absolute atomic E-state index is 0.00664. The van der Waals surface area contributed by atoms with Crippen molar-refractivity contribution in [3.63, 3.8) is 0 Å². The zero-order chi connectivity index (χ0) is 11.6. The number of rotatable bonds is 1. The minimum atomic E-state index is -4.56. The van der Waals surface area contributed by atoms with Gasteiger partial charge in [0.15, 0.2) is 0 Å². The number of alkyl halides is 3. The number of nitrogens with zero attached hydrogens (tertiary/aromatic N) is 1. The maximum absolute atomic E-state index is 12.2. The molecule has 0 fully saturated rings. The quantitative estimate of drug-likeness (QED) is 0.813. The molecule has 6 heteroatoms. The summed E-state index contributed by atoms with van der Waals surface area (Å²) in [5.74, 6) is -0.614. The normalized spacial score (nSPS) is 11.1. The Morgan fingerprint density at radius 2 is 2.00 bits per heavy atom. The molecule has 0 saturated heterocycles. The van der Waals surface area contributed by atoms with Crippen molar-refractivity contribution in [3.8, 4) is 11.8 Å². The molecule has 0 aliphatic heterocycles. The van der Waals surface area contributed by atoms with Crippen molar-refractivity contribution in [2.45, 2.75) is 12.6 Å². The third-order valence-electron chi connectivity index (χ3n) is 1.76. The number of nitriles is 1. The van der Waals surface area contributed by atoms with E-state index in [1.165, 1.54) is 0 Å². The fraction of sp³-hybridized carbons (Fsp3) is 0.222. The molecule has 0 unspecified atom stereocenters. The van der Waals surface area contributed by atoms with E-state index in [4.69, 9.17) is 16.9 Å². The van der Waals surface area contributed by atoms with Gasteiger partial charge in [-0.3, -0.25) is 0 Å². The average molecular weight is 236 g/mol. The van der Waals surface area contributed by atoms with Crippen molar-refractivity contribution < 1.29 is 18.3 Å². The summed E-state index contributed by atoms with van der Waals surface area (Å²) in [5, 5.41) is 17.3. The van der Waals surface area contributed by atoms with Gasteiger partial charge in [-0.1, -0.05) is 11.6 Å². The highest BCUT2D eigenvalue weighted by Crippen LogP contribution is 2.36. The highest BCUT2D eigenvalue weighted by Gasteiger charge is 2.32. The van der Waals surface area contributed by atoms with Gasteiger partial charge >= 0.3 is 6.18 Å². The Labute approximate surface area is 88.5 Å². The predicted molar refractivity (Wildman–Crippen MR) is 47.4 cm³/mol. The number of phenolic OH excluding ortho intramolecular Hbond substituents is 1. The second kappa shape index (κ2) is 3.99. The standard InChI is InChI=1S/C9H5ClF3NO/c10-7-3-5(9(11,12)13)4-8(15)6(7)1-2-14/h3-4,15H,1H2. The first-order valence-electron chi connectivity index (χ1n) is 3.81. The van der Waals surface area contributed by atoms with Gasteiger partial charge in [-0.15, -0.1) is 0 Å². The van der Waals surface area contributed by atoms with Gasteiger partial charge in [-0.25, -0.2) is 0 Å². The predicted octanol–water partition coefficient (Wildman–Crippen LogP) is 3.13. The van der Waals surface area contributed by atoms with Crippen molar-refractivity contribution in [2.75, 3.05) is 0 Å². The summed E-state index contributed by atoms with van der Waals surface area (Å²) in [6.07, 6.45) is -4.80. The first-order valence-corrected chi connectivity index (χ1v) is 4.19. The Morgan fingerprint density at radius 3 is 2.40 bits per heavy atom. The molecule has 0 heterocycles. The molecule has 0 radical (unpaired) electrons. The zero-order valence-corrected chi connectivity index (χ0v) is 8.02. The molecule has 1 N–H and O–H groups in total. The highest BCUT2D eigenvalue weighted by molar-refractivity contribution is 6.31. The SMILES string of the molecule is N#CCc1c(O)cc(C(F)(F)F)cc1Cl. The average Bonchev–Trinajstić information content (AvgIpc) is 2.09. The summed E-state index contributed by atoms with van der Waals surface area (Å²) in [7, 11) is 0. The molecule has 0 saturated carbocycles. The van der Waals surface area contributed by atoms with Crippen LogP contribution >= 0.6 is 11.6 Å². The lowest BCUT2D eigenvalue weighted by Gasteiger charge is -2.10. The molecule has 1 aromatic carbocycles. The summed E-state index contributed by atoms with van der Waals surface area (Å²) in [6, 6.07) is 2.94. The number of halogens is 4. The summed E-state index contributed by atoms with van der Waals surface area (Å²) >= 11 is 5.51. The van der Waals surface area contributed by atoms with E-state index in [1.807, 2.05) is 0 Å². The Bertz CT molecular complexity index is 399. The minimum Gasteiger partial charge on any atom is -0.508 e. The van der Waals surface area contributed by atoms with E-state index in [2.05, 4.69) is 0 Å². The second-order valence-corrected chi connectivity index (χ2v) is 3.20. The van der Waals surface area contributed by atoms with E-state index >= 15 is 0 Å². The van der Waals surface area contributed by atoms with Crippen molar-refractivity contribution in [3.05, 3.63) is 28.3 Å². The number of phenols is 1. The molecule has 15 heavy (non-hydrogen) atoms. The second-order valence-electron chi connectivity index (χ2n) is 2.79. The summed E-state index contributed by atoms with van der Waals surface area (Å²) < 4.78 is 36.7. The molecule has 0 bridgehead atoms. The van der Waals surface area contributed by atoms with Crippen LogP contribution in [0.3, 0.4) is 0 Å². The molecule has 80 valence electrons. The third-order valence-corrected chi connectivity index (χ3v) is 2.09. The molecule has 0 aliphatic rings. The van der Waals surface area contributed by atoms with Crippen LogP contribution < -0.4 is 0 Å². The smallest absolute Gasteiger partial charge is 0.416 e. The van der Waals surface area contributed by atoms with Gasteiger partial charge in [0, 0.05) is 10.6 Å². The van der Waals surface area contributed by atoms with E-state index in [0.717, 1.165) is 0 Å². The Balaban J connectivity index is 3.27. The molecule has 0 atom stereocenters. The van der Waals surface area contributed by atoms with Gasteiger partial charge in [0.1, 0.15) is 5.75 Å². The fourth-order valence-corrected chi connectivity index (χ4v) is 1.32. The van der Waals surface area contributed by atoms with Crippen LogP contribution in [0.15, 0.2) is 12.1 Å². The van der Waals surface area contributed by atoms with Crippen molar-refractivity contribution in [2.24, 2.45) is 0 Å². The largest absolute Gasteiger partial charge is 0.508 e. The van der Waals surface area contributed by atoms with Crippen LogP contribution in [0.25, 0.3) is 0 Å². The van der Waals surface area contributed by atoms with E-state index in [-0.39, 0.29) is 17.0 Å². The van der Waals surface area contributed by atoms with Crippen molar-refractivity contribution in [1.82, 2.24) is 0 Å². The van der Waals surface area contributed by atoms with Gasteiger partial charge in [-0.05, 0) is 12.1 Å². The van der Waals surface area contributed by atoms with Crippen molar-refractivity contribution in [1.29, 1.82) is 5.26 Å². The third kappa shape index (κ3) is 2.54. The van der Waals surface area contributed by atoms with Crippen LogP contribution in [0.2, 0.25) is 5.02 Å². The van der Waals surface area contributed by atoms with Gasteiger partial charge in [0.05, 0.1) is 18.1 Å². The maximum Gasteiger partial charge on any atom is 0.416 e. The van der Waals surface area contributed by atoms with Crippen LogP contribution in [0, 0.1) is 11.3 Å². The monoisotopic (exact) mass is 235 g/mol. The number of hydrogen-bond acceptors (Lipinski definition) is 2. The summed E-state index contributed by atoms with van der Waals surface area (Å²) in [4.78, 5) is 0. The maximum atomic E-state index is 12.2. The lowest BCUT2D eigenvalue weighted by Crippen LogP contribution is -2.05.